The molecule has 3 aromatic rings. The first-order valence-corrected chi connectivity index (χ1v) is 12.1. The smallest absolute Gasteiger partial charge is 0.478 e. The molecule has 0 spiro atoms. The van der Waals surface area contributed by atoms with Gasteiger partial charge in [-0.2, -0.15) is 13.2 Å². The standard InChI is InChI=1S/C26H26FN3O3.C2HF3O2/c1-18-5-7-20(8-6-18)25(31)28-22-9-10-24(23(16-22)26(32)33)30-13-11-29(12-14-30)17-19-3-2-4-21(27)15-19;3-2(4,5)1(6)7/h2-10,15-16H,11-14,17H2,1H3,(H,28,31)(H,32,33);(H,6,7). The number of carboxylic acids is 2. The summed E-state index contributed by atoms with van der Waals surface area (Å²) in [7, 11) is 0. The van der Waals surface area contributed by atoms with E-state index in [2.05, 4.69) is 10.2 Å². The van der Waals surface area contributed by atoms with Gasteiger partial charge in [0.25, 0.3) is 5.91 Å². The summed E-state index contributed by atoms with van der Waals surface area (Å²) < 4.78 is 45.2. The van der Waals surface area contributed by atoms with Gasteiger partial charge in [-0.25, -0.2) is 14.0 Å². The zero-order chi connectivity index (χ0) is 29.4. The predicted octanol–water partition coefficient (Wildman–Crippen LogP) is 5.04. The van der Waals surface area contributed by atoms with Gasteiger partial charge in [-0.15, -0.1) is 0 Å². The molecule has 0 bridgehead atoms. The van der Waals surface area contributed by atoms with E-state index in [1.165, 1.54) is 12.1 Å². The number of anilines is 2. The lowest BCUT2D eigenvalue weighted by Gasteiger charge is -2.36. The van der Waals surface area contributed by atoms with Crippen molar-refractivity contribution in [1.29, 1.82) is 0 Å². The van der Waals surface area contributed by atoms with Gasteiger partial charge >= 0.3 is 18.1 Å². The van der Waals surface area contributed by atoms with Crippen LogP contribution in [0.15, 0.2) is 66.7 Å². The fourth-order valence-corrected chi connectivity index (χ4v) is 4.01. The van der Waals surface area contributed by atoms with Crippen LogP contribution in [0, 0.1) is 12.7 Å². The Bertz CT molecular complexity index is 1350. The molecule has 0 aromatic heterocycles. The second-order valence-corrected chi connectivity index (χ2v) is 9.05. The van der Waals surface area contributed by atoms with Crippen LogP contribution in [0.5, 0.6) is 0 Å². The first-order valence-electron chi connectivity index (χ1n) is 12.1. The van der Waals surface area contributed by atoms with Crippen molar-refractivity contribution in [2.45, 2.75) is 19.6 Å². The van der Waals surface area contributed by atoms with Crippen molar-refractivity contribution in [3.05, 3.63) is 94.8 Å². The molecule has 1 saturated heterocycles. The van der Waals surface area contributed by atoms with Crippen LogP contribution in [0.1, 0.15) is 31.8 Å². The molecule has 0 unspecified atom stereocenters. The van der Waals surface area contributed by atoms with Gasteiger partial charge in [-0.1, -0.05) is 29.8 Å². The third-order valence-electron chi connectivity index (χ3n) is 6.05. The number of halogens is 4. The highest BCUT2D eigenvalue weighted by molar-refractivity contribution is 6.05. The quantitative estimate of drug-likeness (QED) is 0.362. The Morgan fingerprint density at radius 3 is 2.08 bits per heavy atom. The van der Waals surface area contributed by atoms with Gasteiger partial charge < -0.3 is 20.4 Å². The minimum Gasteiger partial charge on any atom is -0.478 e. The maximum Gasteiger partial charge on any atom is 0.490 e. The highest BCUT2D eigenvalue weighted by Crippen LogP contribution is 2.26. The minimum atomic E-state index is -5.08. The SMILES string of the molecule is Cc1ccc(C(=O)Nc2ccc(N3CCN(Cc4cccc(F)c4)CC3)c(C(=O)O)c2)cc1.O=C(O)C(F)(F)F. The second kappa shape index (κ2) is 13.1. The van der Waals surface area contributed by atoms with E-state index in [9.17, 15) is 32.3 Å². The minimum absolute atomic E-state index is 0.148. The van der Waals surface area contributed by atoms with Gasteiger partial charge in [0.15, 0.2) is 0 Å². The number of amides is 1. The maximum atomic E-state index is 13.4. The number of aromatic carboxylic acids is 1. The van der Waals surface area contributed by atoms with Crippen LogP contribution in [0.2, 0.25) is 0 Å². The Morgan fingerprint density at radius 1 is 0.900 bits per heavy atom. The molecule has 0 aliphatic carbocycles. The monoisotopic (exact) mass is 561 g/mol. The summed E-state index contributed by atoms with van der Waals surface area (Å²) in [5, 5.41) is 19.7. The summed E-state index contributed by atoms with van der Waals surface area (Å²) in [4.78, 5) is 37.6. The molecule has 0 saturated carbocycles. The molecule has 1 amide bonds. The number of carboxylic acid groups (broad SMARTS) is 2. The zero-order valence-electron chi connectivity index (χ0n) is 21.4. The third kappa shape index (κ3) is 8.53. The number of hydrogen-bond acceptors (Lipinski definition) is 5. The van der Waals surface area contributed by atoms with Crippen molar-refractivity contribution in [3.63, 3.8) is 0 Å². The van der Waals surface area contributed by atoms with E-state index in [-0.39, 0.29) is 17.3 Å². The van der Waals surface area contributed by atoms with E-state index in [0.29, 0.717) is 36.6 Å². The lowest BCUT2D eigenvalue weighted by molar-refractivity contribution is -0.192. The van der Waals surface area contributed by atoms with Gasteiger partial charge in [-0.3, -0.25) is 9.69 Å². The Hall–Kier alpha value is -4.45. The molecule has 40 heavy (non-hydrogen) atoms. The van der Waals surface area contributed by atoms with E-state index in [4.69, 9.17) is 9.90 Å². The molecule has 1 aliphatic heterocycles. The van der Waals surface area contributed by atoms with Crippen LogP contribution in [-0.4, -0.2) is 65.3 Å². The number of aliphatic carboxylic acids is 1. The molecule has 8 nitrogen and oxygen atoms in total. The number of rotatable bonds is 6. The molecule has 4 rings (SSSR count). The number of hydrogen-bond donors (Lipinski definition) is 3. The Labute approximate surface area is 227 Å². The predicted molar refractivity (Wildman–Crippen MR) is 140 cm³/mol. The summed E-state index contributed by atoms with van der Waals surface area (Å²) in [6.07, 6.45) is -5.08. The number of benzene rings is 3. The highest BCUT2D eigenvalue weighted by Gasteiger charge is 2.38. The van der Waals surface area contributed by atoms with Crippen LogP contribution in [0.3, 0.4) is 0 Å². The van der Waals surface area contributed by atoms with Crippen LogP contribution >= 0.6 is 0 Å². The molecule has 3 N–H and O–H groups in total. The molecule has 1 fully saturated rings. The van der Waals surface area contributed by atoms with E-state index in [1.807, 2.05) is 30.0 Å². The third-order valence-corrected chi connectivity index (χ3v) is 6.05. The second-order valence-electron chi connectivity index (χ2n) is 9.05. The largest absolute Gasteiger partial charge is 0.490 e. The lowest BCUT2D eigenvalue weighted by atomic mass is 10.1. The van der Waals surface area contributed by atoms with Crippen molar-refractivity contribution in [1.82, 2.24) is 4.90 Å². The lowest BCUT2D eigenvalue weighted by Crippen LogP contribution is -2.46. The van der Waals surface area contributed by atoms with Crippen molar-refractivity contribution in [3.8, 4) is 0 Å². The molecule has 212 valence electrons. The summed E-state index contributed by atoms with van der Waals surface area (Å²) in [6.45, 7) is 5.39. The van der Waals surface area contributed by atoms with E-state index in [0.717, 1.165) is 24.2 Å². The van der Waals surface area contributed by atoms with Crippen LogP contribution in [0.25, 0.3) is 0 Å². The molecular weight excluding hydrogens is 534 g/mol. The van der Waals surface area contributed by atoms with Gasteiger partial charge in [0.05, 0.1) is 11.3 Å². The number of piperazine rings is 1. The number of nitrogens with one attached hydrogen (secondary N) is 1. The Balaban J connectivity index is 0.000000559. The molecular formula is C28H27F4N3O5. The first-order chi connectivity index (χ1) is 18.8. The number of alkyl halides is 3. The average Bonchev–Trinajstić information content (AvgIpc) is 2.89. The van der Waals surface area contributed by atoms with Gasteiger partial charge in [0, 0.05) is 44.0 Å². The van der Waals surface area contributed by atoms with Crippen molar-refractivity contribution >= 4 is 29.2 Å². The summed E-state index contributed by atoms with van der Waals surface area (Å²) in [5.74, 6) is -4.33. The highest BCUT2D eigenvalue weighted by atomic mass is 19.4. The fraction of sp³-hybridized carbons (Fsp3) is 0.250. The molecule has 1 aliphatic rings. The summed E-state index contributed by atoms with van der Waals surface area (Å²) in [5.41, 5.74) is 3.70. The Kier molecular flexibility index (Phi) is 9.83. The maximum absolute atomic E-state index is 13.4. The van der Waals surface area contributed by atoms with Gasteiger partial charge in [-0.05, 0) is 55.0 Å². The van der Waals surface area contributed by atoms with Crippen LogP contribution in [0.4, 0.5) is 28.9 Å². The average molecular weight is 562 g/mol. The van der Waals surface area contributed by atoms with E-state index < -0.39 is 18.1 Å². The topological polar surface area (TPSA) is 110 Å². The molecule has 3 aromatic carbocycles. The molecule has 12 heteroatoms. The van der Waals surface area contributed by atoms with E-state index in [1.54, 1.807) is 36.4 Å². The van der Waals surface area contributed by atoms with E-state index >= 15 is 0 Å². The van der Waals surface area contributed by atoms with Crippen molar-refractivity contribution in [2.75, 3.05) is 36.4 Å². The molecule has 0 radical (unpaired) electrons. The summed E-state index contributed by atoms with van der Waals surface area (Å²) in [6, 6.07) is 18.7. The van der Waals surface area contributed by atoms with Crippen LogP contribution in [-0.2, 0) is 11.3 Å². The van der Waals surface area contributed by atoms with Crippen LogP contribution < -0.4 is 10.2 Å². The molecule has 0 atom stereocenters. The number of aryl methyl sites for hydroxylation is 1. The fourth-order valence-electron chi connectivity index (χ4n) is 4.01. The van der Waals surface area contributed by atoms with Gasteiger partial charge in [0.2, 0.25) is 0 Å². The first kappa shape index (κ1) is 30.1. The van der Waals surface area contributed by atoms with Gasteiger partial charge in [0.1, 0.15) is 5.82 Å². The molecule has 1 heterocycles. The Morgan fingerprint density at radius 2 is 1.52 bits per heavy atom. The zero-order valence-corrected chi connectivity index (χ0v) is 21.4. The normalized spacial score (nSPS) is 13.7. The number of carbonyl (C=O) groups excluding carboxylic acids is 1. The van der Waals surface area contributed by atoms with Crippen molar-refractivity contribution < 1.29 is 42.2 Å². The summed E-state index contributed by atoms with van der Waals surface area (Å²) >= 11 is 0. The number of nitrogens with zero attached hydrogens (tertiary/aromatic N) is 2. The number of carbonyl (C=O) groups is 3. The van der Waals surface area contributed by atoms with Crippen molar-refractivity contribution in [2.24, 2.45) is 0 Å².